The van der Waals surface area contributed by atoms with Crippen LogP contribution in [0.1, 0.15) is 11.4 Å². The van der Waals surface area contributed by atoms with Crippen molar-refractivity contribution in [3.63, 3.8) is 0 Å². The molecule has 2 aromatic carbocycles. The van der Waals surface area contributed by atoms with Gasteiger partial charge in [-0.25, -0.2) is 4.79 Å². The summed E-state index contributed by atoms with van der Waals surface area (Å²) in [5.41, 5.74) is 6.80. The molecule has 0 aliphatic rings. The number of hydrogen-bond acceptors (Lipinski definition) is 9. The maximum atomic E-state index is 11.9. The lowest BCUT2D eigenvalue weighted by atomic mass is 10.2. The first-order valence-corrected chi connectivity index (χ1v) is 8.24. The van der Waals surface area contributed by atoms with E-state index >= 15 is 0 Å². The minimum atomic E-state index is -0.635. The van der Waals surface area contributed by atoms with E-state index in [0.29, 0.717) is 11.3 Å². The number of rotatable bonds is 7. The highest BCUT2D eigenvalue weighted by Crippen LogP contribution is 2.16. The number of nitrogens with one attached hydrogen (secondary N) is 1. The molecule has 1 heterocycles. The van der Waals surface area contributed by atoms with Gasteiger partial charge in [-0.3, -0.25) is 0 Å². The summed E-state index contributed by atoms with van der Waals surface area (Å²) in [4.78, 5) is 24.0. The van der Waals surface area contributed by atoms with E-state index in [2.05, 4.69) is 20.3 Å². The Morgan fingerprint density at radius 2 is 1.82 bits per heavy atom. The molecule has 0 aliphatic heterocycles. The zero-order chi connectivity index (χ0) is 19.8. The molecule has 0 aliphatic carbocycles. The van der Waals surface area contributed by atoms with Crippen molar-refractivity contribution in [3.05, 3.63) is 66.0 Å². The molecule has 0 spiro atoms. The van der Waals surface area contributed by atoms with Gasteiger partial charge in [-0.05, 0) is 24.3 Å². The first-order valence-electron chi connectivity index (χ1n) is 8.24. The number of nitrogens with two attached hydrogens (primary N) is 1. The molecule has 3 rings (SSSR count). The van der Waals surface area contributed by atoms with Crippen molar-refractivity contribution in [2.75, 3.05) is 17.7 Å². The van der Waals surface area contributed by atoms with E-state index in [4.69, 9.17) is 20.5 Å². The van der Waals surface area contributed by atoms with Crippen LogP contribution in [0.15, 0.2) is 54.6 Å². The Balaban J connectivity index is 1.56. The van der Waals surface area contributed by atoms with Crippen LogP contribution in [0.4, 0.5) is 17.6 Å². The van der Waals surface area contributed by atoms with Gasteiger partial charge < -0.3 is 20.5 Å². The molecule has 3 aromatic rings. The average molecular weight is 376 g/mol. The Bertz CT molecular complexity index is 1000. The topological polar surface area (TPSA) is 136 Å². The fraction of sp³-hybridized carbons (Fsp3) is 0.105. The second kappa shape index (κ2) is 8.95. The number of carbonyl (C=O) groups is 1. The third-order valence-electron chi connectivity index (χ3n) is 3.44. The largest absolute Gasteiger partial charge is 0.481 e. The number of aromatic nitrogens is 3. The normalized spacial score (nSPS) is 9.96. The van der Waals surface area contributed by atoms with Gasteiger partial charge in [-0.1, -0.05) is 30.3 Å². The van der Waals surface area contributed by atoms with Crippen LogP contribution in [0, 0.1) is 11.3 Å². The molecule has 0 fully saturated rings. The van der Waals surface area contributed by atoms with Crippen molar-refractivity contribution >= 4 is 23.6 Å². The number of para-hydroxylation sites is 2. The Hall–Kier alpha value is -4.19. The molecule has 0 radical (unpaired) electrons. The third kappa shape index (κ3) is 5.15. The minimum Gasteiger partial charge on any atom is -0.481 e. The number of anilines is 3. The maximum absolute atomic E-state index is 11.9. The molecule has 1 aromatic heterocycles. The highest BCUT2D eigenvalue weighted by atomic mass is 16.6. The molecule has 0 unspecified atom stereocenters. The van der Waals surface area contributed by atoms with Gasteiger partial charge >= 0.3 is 5.97 Å². The van der Waals surface area contributed by atoms with Crippen molar-refractivity contribution in [3.8, 4) is 11.8 Å². The minimum absolute atomic E-state index is 0.00122. The van der Waals surface area contributed by atoms with Crippen LogP contribution >= 0.6 is 0 Å². The Kier molecular flexibility index (Phi) is 5.95. The molecule has 28 heavy (non-hydrogen) atoms. The van der Waals surface area contributed by atoms with Gasteiger partial charge in [0.2, 0.25) is 11.9 Å². The molecule has 0 saturated heterocycles. The van der Waals surface area contributed by atoms with Crippen molar-refractivity contribution in [1.29, 1.82) is 5.26 Å². The van der Waals surface area contributed by atoms with Crippen LogP contribution in [0.5, 0.6) is 5.75 Å². The molecule has 3 N–H and O–H groups in total. The van der Waals surface area contributed by atoms with Crippen molar-refractivity contribution in [1.82, 2.24) is 15.0 Å². The van der Waals surface area contributed by atoms with Crippen LogP contribution in [0.2, 0.25) is 0 Å². The molecule has 0 bridgehead atoms. The first-order chi connectivity index (χ1) is 13.6. The Labute approximate surface area is 160 Å². The summed E-state index contributed by atoms with van der Waals surface area (Å²) in [7, 11) is 0. The van der Waals surface area contributed by atoms with E-state index in [1.54, 1.807) is 24.3 Å². The van der Waals surface area contributed by atoms with Gasteiger partial charge in [0.25, 0.3) is 0 Å². The van der Waals surface area contributed by atoms with Crippen LogP contribution in [0.25, 0.3) is 0 Å². The lowest BCUT2D eigenvalue weighted by Gasteiger charge is -2.09. The Morgan fingerprint density at radius 1 is 1.07 bits per heavy atom. The van der Waals surface area contributed by atoms with Gasteiger partial charge in [0.1, 0.15) is 11.8 Å². The van der Waals surface area contributed by atoms with Gasteiger partial charge in [0.05, 0.1) is 5.56 Å². The van der Waals surface area contributed by atoms with Crippen LogP contribution in [-0.2, 0) is 16.1 Å². The summed E-state index contributed by atoms with van der Waals surface area (Å²) >= 11 is 0. The third-order valence-corrected chi connectivity index (χ3v) is 3.44. The van der Waals surface area contributed by atoms with Crippen molar-refractivity contribution in [2.45, 2.75) is 6.61 Å². The number of nitrogens with zero attached hydrogens (tertiary/aromatic N) is 4. The molecule has 0 saturated carbocycles. The van der Waals surface area contributed by atoms with E-state index in [0.717, 1.165) is 5.69 Å². The number of esters is 1. The lowest BCUT2D eigenvalue weighted by Crippen LogP contribution is -2.16. The maximum Gasteiger partial charge on any atom is 0.344 e. The van der Waals surface area contributed by atoms with Gasteiger partial charge in [0.15, 0.2) is 19.0 Å². The van der Waals surface area contributed by atoms with Gasteiger partial charge in [0, 0.05) is 5.69 Å². The van der Waals surface area contributed by atoms with E-state index < -0.39 is 5.97 Å². The van der Waals surface area contributed by atoms with Crippen LogP contribution in [0.3, 0.4) is 0 Å². The van der Waals surface area contributed by atoms with Crippen molar-refractivity contribution in [2.24, 2.45) is 0 Å². The summed E-state index contributed by atoms with van der Waals surface area (Å²) < 4.78 is 10.4. The van der Waals surface area contributed by atoms with E-state index in [1.807, 2.05) is 36.4 Å². The van der Waals surface area contributed by atoms with Crippen LogP contribution in [-0.4, -0.2) is 27.5 Å². The lowest BCUT2D eigenvalue weighted by molar-refractivity contribution is -0.147. The molecule has 9 heteroatoms. The molecule has 0 atom stereocenters. The summed E-state index contributed by atoms with van der Waals surface area (Å²) in [6.45, 7) is -0.549. The average Bonchev–Trinajstić information content (AvgIpc) is 2.71. The highest BCUT2D eigenvalue weighted by molar-refractivity contribution is 5.71. The Morgan fingerprint density at radius 3 is 2.61 bits per heavy atom. The van der Waals surface area contributed by atoms with Crippen molar-refractivity contribution < 1.29 is 14.3 Å². The standard InChI is InChI=1S/C19H16N6O3/c20-10-13-6-4-5-9-15(13)27-12-17(26)28-11-16-23-18(21)25-19(24-16)22-14-7-2-1-3-8-14/h1-9H,11-12H2,(H3,21,22,23,24,25). The summed E-state index contributed by atoms with van der Waals surface area (Å²) in [6.07, 6.45) is 0. The zero-order valence-corrected chi connectivity index (χ0v) is 14.7. The number of nitrogen functional groups attached to an aromatic ring is 1. The molecular formula is C19H16N6O3. The monoisotopic (exact) mass is 376 g/mol. The second-order valence-corrected chi connectivity index (χ2v) is 5.48. The van der Waals surface area contributed by atoms with E-state index in [-0.39, 0.29) is 30.9 Å². The fourth-order valence-corrected chi connectivity index (χ4v) is 2.22. The predicted octanol–water partition coefficient (Wildman–Crippen LogP) is 2.19. The van der Waals surface area contributed by atoms with E-state index in [1.165, 1.54) is 0 Å². The fourth-order valence-electron chi connectivity index (χ4n) is 2.22. The SMILES string of the molecule is N#Cc1ccccc1OCC(=O)OCc1nc(N)nc(Nc2ccccc2)n1. The number of nitriles is 1. The second-order valence-electron chi connectivity index (χ2n) is 5.48. The van der Waals surface area contributed by atoms with Gasteiger partial charge in [-0.2, -0.15) is 20.2 Å². The molecule has 0 amide bonds. The predicted molar refractivity (Wildman–Crippen MR) is 100 cm³/mol. The summed E-state index contributed by atoms with van der Waals surface area (Å²) in [6, 6.07) is 17.9. The quantitative estimate of drug-likeness (QED) is 0.594. The molecule has 9 nitrogen and oxygen atoms in total. The summed E-state index contributed by atoms with van der Waals surface area (Å²) in [5, 5.41) is 12.0. The number of hydrogen-bond donors (Lipinski definition) is 2. The molecular weight excluding hydrogens is 360 g/mol. The molecule has 140 valence electrons. The highest BCUT2D eigenvalue weighted by Gasteiger charge is 2.10. The number of benzene rings is 2. The number of carbonyl (C=O) groups excluding carboxylic acids is 1. The zero-order valence-electron chi connectivity index (χ0n) is 14.7. The smallest absolute Gasteiger partial charge is 0.344 e. The van der Waals surface area contributed by atoms with Crippen LogP contribution < -0.4 is 15.8 Å². The van der Waals surface area contributed by atoms with Gasteiger partial charge in [-0.15, -0.1) is 0 Å². The summed E-state index contributed by atoms with van der Waals surface area (Å²) in [5.74, 6) is 0.101. The van der Waals surface area contributed by atoms with E-state index in [9.17, 15) is 4.79 Å². The number of ether oxygens (including phenoxy) is 2. The first kappa shape index (κ1) is 18.6.